The molecular formula is C18H23CaO4P. The fourth-order valence-electron chi connectivity index (χ4n) is 1.15. The van der Waals surface area contributed by atoms with Crippen molar-refractivity contribution in [3.8, 4) is 0 Å². The molecule has 0 heterocycles. The molecule has 6 heteroatoms. The molecular weight excluding hydrogens is 351 g/mol. The molecule has 126 valence electrons. The van der Waals surface area contributed by atoms with Gasteiger partial charge in [0.1, 0.15) is 0 Å². The first-order valence-electron chi connectivity index (χ1n) is 6.78. The second-order valence-electron chi connectivity index (χ2n) is 3.98. The van der Waals surface area contributed by atoms with Crippen LogP contribution in [0.4, 0.5) is 0 Å². The van der Waals surface area contributed by atoms with Crippen LogP contribution in [0.2, 0.25) is 0 Å². The van der Waals surface area contributed by atoms with Gasteiger partial charge in [0.05, 0.1) is 0 Å². The van der Waals surface area contributed by atoms with Gasteiger partial charge in [0.25, 0.3) is 0 Å². The Kier molecular flexibility index (Phi) is 19.3. The first-order valence-corrected chi connectivity index (χ1v) is 8.35. The van der Waals surface area contributed by atoms with Gasteiger partial charge in [-0.2, -0.15) is 0 Å². The van der Waals surface area contributed by atoms with Gasteiger partial charge in [-0.3, -0.25) is 0 Å². The molecule has 0 aliphatic rings. The van der Waals surface area contributed by atoms with Gasteiger partial charge in [0, 0.05) is 0 Å². The van der Waals surface area contributed by atoms with E-state index >= 15 is 0 Å². The Bertz CT molecular complexity index is 440. The van der Waals surface area contributed by atoms with Crippen molar-refractivity contribution in [2.24, 2.45) is 0 Å². The van der Waals surface area contributed by atoms with Crippen molar-refractivity contribution in [1.82, 2.24) is 0 Å². The molecule has 3 rings (SSSR count). The van der Waals surface area contributed by atoms with Gasteiger partial charge in [-0.05, 0) is 0 Å². The van der Waals surface area contributed by atoms with Crippen LogP contribution in [0, 0.1) is 0 Å². The van der Waals surface area contributed by atoms with Crippen LogP contribution in [-0.2, 0) is 4.57 Å². The van der Waals surface area contributed by atoms with Crippen molar-refractivity contribution in [2.45, 2.75) is 0 Å². The van der Waals surface area contributed by atoms with E-state index in [1.807, 2.05) is 109 Å². The number of hydrogen-bond donors (Lipinski definition) is 3. The van der Waals surface area contributed by atoms with E-state index < -0.39 is 7.82 Å². The van der Waals surface area contributed by atoms with Crippen LogP contribution in [0.25, 0.3) is 0 Å². The van der Waals surface area contributed by atoms with Crippen molar-refractivity contribution in [3.05, 3.63) is 109 Å². The molecule has 0 unspecified atom stereocenters. The van der Waals surface area contributed by atoms with Gasteiger partial charge < -0.3 is 14.7 Å². The summed E-state index contributed by atoms with van der Waals surface area (Å²) in [6, 6.07) is 36.0. The van der Waals surface area contributed by atoms with Crippen LogP contribution in [0.5, 0.6) is 0 Å². The average Bonchev–Trinajstić information content (AvgIpc) is 2.59. The monoisotopic (exact) mass is 374 g/mol. The number of benzene rings is 3. The molecule has 0 aliphatic heterocycles. The summed E-state index contributed by atoms with van der Waals surface area (Å²) in [5.41, 5.74) is 0. The summed E-state index contributed by atoms with van der Waals surface area (Å²) in [6.07, 6.45) is 0. The van der Waals surface area contributed by atoms with E-state index in [0.717, 1.165) is 0 Å². The van der Waals surface area contributed by atoms with Crippen LogP contribution in [0.15, 0.2) is 109 Å². The number of rotatable bonds is 0. The summed E-state index contributed by atoms with van der Waals surface area (Å²) in [4.78, 5) is 21.6. The summed E-state index contributed by atoms with van der Waals surface area (Å²) in [5.74, 6) is 0. The van der Waals surface area contributed by atoms with Crippen molar-refractivity contribution >= 4 is 45.6 Å². The summed E-state index contributed by atoms with van der Waals surface area (Å²) >= 11 is 0. The summed E-state index contributed by atoms with van der Waals surface area (Å²) in [7, 11) is -4.64. The van der Waals surface area contributed by atoms with Crippen molar-refractivity contribution in [2.75, 3.05) is 0 Å². The molecule has 24 heavy (non-hydrogen) atoms. The molecule has 0 aromatic heterocycles. The molecule has 0 aliphatic carbocycles. The minimum absolute atomic E-state index is 0. The van der Waals surface area contributed by atoms with Crippen LogP contribution < -0.4 is 0 Å². The molecule has 3 N–H and O–H groups in total. The van der Waals surface area contributed by atoms with Crippen LogP contribution in [0.3, 0.4) is 0 Å². The Morgan fingerprint density at radius 3 is 0.458 bits per heavy atom. The zero-order valence-corrected chi connectivity index (χ0v) is 13.5. The van der Waals surface area contributed by atoms with Crippen LogP contribution >= 0.6 is 7.82 Å². The molecule has 0 atom stereocenters. The number of hydrogen-bond acceptors (Lipinski definition) is 1. The van der Waals surface area contributed by atoms with Gasteiger partial charge in [-0.1, -0.05) is 109 Å². The second kappa shape index (κ2) is 18.4. The number of phosphoric acid groups is 1. The molecule has 0 fully saturated rings. The third-order valence-electron chi connectivity index (χ3n) is 2.00. The van der Waals surface area contributed by atoms with Gasteiger partial charge in [-0.25, -0.2) is 4.57 Å². The minimum atomic E-state index is -4.64. The topological polar surface area (TPSA) is 77.8 Å². The normalized spacial score (nSPS) is 8.46. The van der Waals surface area contributed by atoms with E-state index in [1.54, 1.807) is 0 Å². The Labute approximate surface area is 173 Å². The van der Waals surface area contributed by atoms with Crippen molar-refractivity contribution < 1.29 is 19.2 Å². The standard InChI is InChI=1S/3C6H6.Ca.H3O4P.2H/c3*1-2-4-6-5-3-1;;1-5(2,3)4;;/h3*1-6H;;(H3,1,2,3,4);;. The van der Waals surface area contributed by atoms with Gasteiger partial charge in [-0.15, -0.1) is 0 Å². The van der Waals surface area contributed by atoms with E-state index in [0.29, 0.717) is 0 Å². The Hall–Kier alpha value is -0.970. The fourth-order valence-corrected chi connectivity index (χ4v) is 1.15. The maximum absolute atomic E-state index is 8.88. The van der Waals surface area contributed by atoms with Gasteiger partial charge in [0.15, 0.2) is 0 Å². The summed E-state index contributed by atoms with van der Waals surface area (Å²) in [5, 5.41) is 0. The predicted octanol–water partition coefficient (Wildman–Crippen LogP) is 3.22. The van der Waals surface area contributed by atoms with Crippen molar-refractivity contribution in [1.29, 1.82) is 0 Å². The van der Waals surface area contributed by atoms with E-state index in [2.05, 4.69) is 0 Å². The molecule has 0 saturated carbocycles. The van der Waals surface area contributed by atoms with E-state index in [9.17, 15) is 0 Å². The summed E-state index contributed by atoms with van der Waals surface area (Å²) in [6.45, 7) is 0. The van der Waals surface area contributed by atoms with E-state index in [-0.39, 0.29) is 37.7 Å². The quantitative estimate of drug-likeness (QED) is 0.417. The van der Waals surface area contributed by atoms with Crippen molar-refractivity contribution in [3.63, 3.8) is 0 Å². The molecule has 0 amide bonds. The largest absolute Gasteiger partial charge is 0.0623 e. The maximum Gasteiger partial charge on any atom is -0.0623 e. The Morgan fingerprint density at radius 1 is 0.375 bits per heavy atom. The SMILES string of the molecule is O=P(O)(O)O.[CaH2].c1ccccc1.c1ccccc1.c1ccccc1. The second-order valence-corrected chi connectivity index (χ2v) is 5.00. The molecule has 4 nitrogen and oxygen atoms in total. The first-order chi connectivity index (χ1) is 11.0. The molecule has 3 aromatic carbocycles. The third-order valence-corrected chi connectivity index (χ3v) is 2.00. The zero-order chi connectivity index (χ0) is 17.2. The zero-order valence-electron chi connectivity index (χ0n) is 12.6. The predicted molar refractivity (Wildman–Crippen MR) is 102 cm³/mol. The maximum atomic E-state index is 8.88. The van der Waals surface area contributed by atoms with Gasteiger partial charge in [0.2, 0.25) is 0 Å². The Morgan fingerprint density at radius 2 is 0.417 bits per heavy atom. The molecule has 0 bridgehead atoms. The molecule has 0 spiro atoms. The first kappa shape index (κ1) is 25.3. The summed E-state index contributed by atoms with van der Waals surface area (Å²) < 4.78 is 8.88. The minimum Gasteiger partial charge on any atom is -0.0623 e. The van der Waals surface area contributed by atoms with Crippen LogP contribution in [0.1, 0.15) is 0 Å². The average molecular weight is 374 g/mol. The smallest absolute Gasteiger partial charge is 0.0623 e. The van der Waals surface area contributed by atoms with E-state index in [1.165, 1.54) is 0 Å². The molecule has 3 aromatic rings. The third kappa shape index (κ3) is 29.1. The molecule has 0 saturated heterocycles. The molecule has 0 radical (unpaired) electrons. The fraction of sp³-hybridized carbons (Fsp3) is 0. The van der Waals surface area contributed by atoms with E-state index in [4.69, 9.17) is 19.2 Å². The van der Waals surface area contributed by atoms with Gasteiger partial charge >= 0.3 is 45.6 Å². The Balaban J connectivity index is 0. The van der Waals surface area contributed by atoms with Crippen LogP contribution in [-0.4, -0.2) is 52.4 Å².